The molecule has 0 saturated carbocycles. The second-order valence-corrected chi connectivity index (χ2v) is 6.91. The van der Waals surface area contributed by atoms with Crippen LogP contribution in [-0.2, 0) is 0 Å². The number of allylic oxidation sites excluding steroid dienone is 7. The Morgan fingerprint density at radius 2 is 2.00 bits per heavy atom. The average molecular weight is 358 g/mol. The van der Waals surface area contributed by atoms with E-state index >= 15 is 0 Å². The summed E-state index contributed by atoms with van der Waals surface area (Å²) in [5.41, 5.74) is 5.94. The number of hydrogen-bond acceptors (Lipinski definition) is 0. The van der Waals surface area contributed by atoms with Gasteiger partial charge in [0, 0.05) is 15.8 Å². The zero-order valence-electron chi connectivity index (χ0n) is 10.6. The normalized spacial score (nSPS) is 30.9. The molecule has 1 aromatic rings. The average Bonchev–Trinajstić information content (AvgIpc) is 2.46. The topological polar surface area (TPSA) is 0 Å². The first kappa shape index (κ1) is 11.7. The Morgan fingerprint density at radius 3 is 2.95 bits per heavy atom. The van der Waals surface area contributed by atoms with Crippen molar-refractivity contribution in [3.05, 3.63) is 71.3 Å². The van der Waals surface area contributed by atoms with Crippen LogP contribution in [0.5, 0.6) is 0 Å². The molecule has 0 fully saturated rings. The maximum atomic E-state index is 2.56. The molecule has 0 amide bonds. The van der Waals surface area contributed by atoms with Gasteiger partial charge in [-0.3, -0.25) is 0 Å². The predicted molar refractivity (Wildman–Crippen MR) is 90.1 cm³/mol. The van der Waals surface area contributed by atoms with Gasteiger partial charge >= 0.3 is 0 Å². The van der Waals surface area contributed by atoms with Crippen molar-refractivity contribution in [2.45, 2.75) is 10.3 Å². The van der Waals surface area contributed by atoms with Crippen LogP contribution >= 0.6 is 22.6 Å². The van der Waals surface area contributed by atoms with E-state index in [1.165, 1.54) is 23.1 Å². The molecule has 0 bridgehead atoms. The second-order valence-electron chi connectivity index (χ2n) is 5.48. The number of hydrogen-bond donors (Lipinski definition) is 0. The van der Waals surface area contributed by atoms with Crippen LogP contribution in [0.25, 0.3) is 11.6 Å². The Labute approximate surface area is 127 Å². The summed E-state index contributed by atoms with van der Waals surface area (Å²) in [6.45, 7) is 0. The van der Waals surface area contributed by atoms with Gasteiger partial charge in [-0.1, -0.05) is 88.9 Å². The molecule has 0 aromatic heterocycles. The summed E-state index contributed by atoms with van der Waals surface area (Å²) in [4.78, 5) is 0. The van der Waals surface area contributed by atoms with Crippen LogP contribution < -0.4 is 0 Å². The Balaban J connectivity index is 1.86. The number of alkyl halides is 1. The molecule has 0 radical (unpaired) electrons. The van der Waals surface area contributed by atoms with Gasteiger partial charge in [0.1, 0.15) is 0 Å². The van der Waals surface area contributed by atoms with Gasteiger partial charge in [-0.15, -0.1) is 0 Å². The fourth-order valence-corrected chi connectivity index (χ4v) is 4.30. The highest BCUT2D eigenvalue weighted by molar-refractivity contribution is 14.1. The van der Waals surface area contributed by atoms with E-state index in [1.54, 1.807) is 5.57 Å². The van der Waals surface area contributed by atoms with E-state index in [0.717, 1.165) is 0 Å². The molecule has 3 atom stereocenters. The summed E-state index contributed by atoms with van der Waals surface area (Å²) in [5.74, 6) is 1.17. The van der Waals surface area contributed by atoms with Crippen LogP contribution in [0.3, 0.4) is 0 Å². The van der Waals surface area contributed by atoms with Crippen molar-refractivity contribution in [3.63, 3.8) is 0 Å². The third kappa shape index (κ3) is 1.86. The van der Waals surface area contributed by atoms with Gasteiger partial charge in [0.2, 0.25) is 0 Å². The molecular weight excluding hydrogens is 343 g/mol. The molecule has 1 heteroatoms. The van der Waals surface area contributed by atoms with E-state index in [-0.39, 0.29) is 0 Å². The molecule has 0 saturated heterocycles. The first-order chi connectivity index (χ1) is 9.33. The number of rotatable bonds is 0. The van der Waals surface area contributed by atoms with Crippen molar-refractivity contribution in [1.82, 2.24) is 0 Å². The SMILES string of the molecule is IC1C=CC=C2CC3C=Cc4ccccc4C3=CC21. The number of benzene rings is 1. The Kier molecular flexibility index (Phi) is 2.76. The molecular formula is C18H15I. The van der Waals surface area contributed by atoms with Crippen molar-refractivity contribution in [2.75, 3.05) is 0 Å². The van der Waals surface area contributed by atoms with E-state index < -0.39 is 0 Å². The van der Waals surface area contributed by atoms with Gasteiger partial charge in [0.25, 0.3) is 0 Å². The van der Waals surface area contributed by atoms with Gasteiger partial charge in [-0.25, -0.2) is 0 Å². The summed E-state index contributed by atoms with van der Waals surface area (Å²) in [6, 6.07) is 8.77. The fourth-order valence-electron chi connectivity index (χ4n) is 3.39. The minimum Gasteiger partial charge on any atom is -0.0771 e. The third-order valence-corrected chi connectivity index (χ3v) is 5.56. The summed E-state index contributed by atoms with van der Waals surface area (Å²) in [6.07, 6.45) is 15.2. The highest BCUT2D eigenvalue weighted by atomic mass is 127. The van der Waals surface area contributed by atoms with Gasteiger partial charge < -0.3 is 0 Å². The molecule has 3 aliphatic rings. The van der Waals surface area contributed by atoms with Gasteiger partial charge in [-0.05, 0) is 23.1 Å². The molecule has 0 heterocycles. The molecule has 94 valence electrons. The summed E-state index contributed by atoms with van der Waals surface area (Å²) in [5, 5.41) is 0. The maximum absolute atomic E-state index is 2.56. The highest BCUT2D eigenvalue weighted by Crippen LogP contribution is 2.46. The molecule has 4 rings (SSSR count). The van der Waals surface area contributed by atoms with Crippen molar-refractivity contribution < 1.29 is 0 Å². The van der Waals surface area contributed by atoms with Crippen molar-refractivity contribution >= 4 is 34.2 Å². The lowest BCUT2D eigenvalue weighted by molar-refractivity contribution is 0.658. The maximum Gasteiger partial charge on any atom is 0.0392 e. The molecule has 1 aromatic carbocycles. The summed E-state index contributed by atoms with van der Waals surface area (Å²) < 4.78 is 0.601. The number of fused-ring (bicyclic) bond motifs is 4. The van der Waals surface area contributed by atoms with Crippen molar-refractivity contribution in [1.29, 1.82) is 0 Å². The van der Waals surface area contributed by atoms with E-state index in [1.807, 2.05) is 0 Å². The second kappa shape index (κ2) is 4.48. The van der Waals surface area contributed by atoms with Crippen LogP contribution in [0, 0.1) is 11.8 Å². The summed E-state index contributed by atoms with van der Waals surface area (Å²) >= 11 is 2.56. The van der Waals surface area contributed by atoms with Crippen molar-refractivity contribution in [2.24, 2.45) is 11.8 Å². The zero-order valence-corrected chi connectivity index (χ0v) is 12.7. The smallest absolute Gasteiger partial charge is 0.0392 e. The van der Waals surface area contributed by atoms with Crippen LogP contribution in [-0.4, -0.2) is 3.92 Å². The first-order valence-electron chi connectivity index (χ1n) is 6.83. The quantitative estimate of drug-likeness (QED) is 0.451. The van der Waals surface area contributed by atoms with E-state index in [0.29, 0.717) is 15.8 Å². The lowest BCUT2D eigenvalue weighted by atomic mass is 9.71. The minimum atomic E-state index is 0.576. The van der Waals surface area contributed by atoms with E-state index in [2.05, 4.69) is 83.3 Å². The van der Waals surface area contributed by atoms with Gasteiger partial charge in [0.05, 0.1) is 0 Å². The van der Waals surface area contributed by atoms with Crippen LogP contribution in [0.4, 0.5) is 0 Å². The Morgan fingerprint density at radius 1 is 1.11 bits per heavy atom. The molecule has 0 aliphatic heterocycles. The molecule has 3 unspecified atom stereocenters. The molecule has 0 spiro atoms. The third-order valence-electron chi connectivity index (χ3n) is 4.37. The molecule has 0 N–H and O–H groups in total. The van der Waals surface area contributed by atoms with E-state index in [9.17, 15) is 0 Å². The lowest BCUT2D eigenvalue weighted by Crippen LogP contribution is -2.23. The lowest BCUT2D eigenvalue weighted by Gasteiger charge is -2.35. The Bertz CT molecular complexity index is 645. The van der Waals surface area contributed by atoms with Crippen molar-refractivity contribution in [3.8, 4) is 0 Å². The number of halogens is 1. The summed E-state index contributed by atoms with van der Waals surface area (Å²) in [7, 11) is 0. The molecule has 0 nitrogen and oxygen atoms in total. The Hall–Kier alpha value is -1.09. The standard InChI is InChI=1S/C18H15I/c19-18-7-3-5-13-10-14-9-8-12-4-1-2-6-15(12)16(14)11-17(13)18/h1-9,11,14,17-18H,10H2. The van der Waals surface area contributed by atoms with Crippen LogP contribution in [0.2, 0.25) is 0 Å². The monoisotopic (exact) mass is 358 g/mol. The predicted octanol–water partition coefficient (Wildman–Crippen LogP) is 5.03. The zero-order chi connectivity index (χ0) is 12.8. The molecule has 3 aliphatic carbocycles. The van der Waals surface area contributed by atoms with E-state index in [4.69, 9.17) is 0 Å². The fraction of sp³-hybridized carbons (Fsp3) is 0.222. The van der Waals surface area contributed by atoms with Gasteiger partial charge in [0.15, 0.2) is 0 Å². The highest BCUT2D eigenvalue weighted by Gasteiger charge is 2.31. The largest absolute Gasteiger partial charge is 0.0771 e. The van der Waals surface area contributed by atoms with Crippen LogP contribution in [0.1, 0.15) is 17.5 Å². The van der Waals surface area contributed by atoms with Crippen LogP contribution in [0.15, 0.2) is 60.2 Å². The van der Waals surface area contributed by atoms with Gasteiger partial charge in [-0.2, -0.15) is 0 Å². The molecule has 19 heavy (non-hydrogen) atoms. The minimum absolute atomic E-state index is 0.576. The first-order valence-corrected chi connectivity index (χ1v) is 8.08.